The highest BCUT2D eigenvalue weighted by atomic mass is 32.2. The number of nitrogens with zero attached hydrogens (tertiary/aromatic N) is 1. The van der Waals surface area contributed by atoms with Gasteiger partial charge in [0, 0.05) is 0 Å². The van der Waals surface area contributed by atoms with Crippen LogP contribution >= 0.6 is 0 Å². The van der Waals surface area contributed by atoms with Crippen molar-refractivity contribution < 1.29 is 8.42 Å². The number of benzene rings is 1. The van der Waals surface area contributed by atoms with Gasteiger partial charge in [-0.2, -0.15) is 5.26 Å². The molecule has 4 heteroatoms. The molecule has 0 aromatic heterocycles. The van der Waals surface area contributed by atoms with Gasteiger partial charge in [-0.15, -0.1) is 0 Å². The Morgan fingerprint density at radius 3 is 2.43 bits per heavy atom. The van der Waals surface area contributed by atoms with E-state index in [-0.39, 0.29) is 4.90 Å². The molecule has 0 saturated carbocycles. The monoisotopic (exact) mass is 209 g/mol. The van der Waals surface area contributed by atoms with E-state index in [1.54, 1.807) is 31.2 Å². The van der Waals surface area contributed by atoms with Gasteiger partial charge in [0.1, 0.15) is 5.25 Å². The fraction of sp³-hybridized carbons (Fsp3) is 0.300. The van der Waals surface area contributed by atoms with Crippen LogP contribution in [0.15, 0.2) is 29.2 Å². The van der Waals surface area contributed by atoms with Crippen LogP contribution in [0.25, 0.3) is 0 Å². The van der Waals surface area contributed by atoms with Gasteiger partial charge in [-0.1, -0.05) is 18.2 Å². The number of sulfone groups is 1. The van der Waals surface area contributed by atoms with E-state index < -0.39 is 15.1 Å². The van der Waals surface area contributed by atoms with Gasteiger partial charge < -0.3 is 0 Å². The van der Waals surface area contributed by atoms with Crippen LogP contribution in [0.4, 0.5) is 0 Å². The Morgan fingerprint density at radius 1 is 1.36 bits per heavy atom. The van der Waals surface area contributed by atoms with Gasteiger partial charge in [0.25, 0.3) is 0 Å². The Hall–Kier alpha value is -1.34. The fourth-order valence-corrected chi connectivity index (χ4v) is 2.44. The predicted octanol–water partition coefficient (Wildman–Crippen LogP) is 1.68. The number of hydrogen-bond acceptors (Lipinski definition) is 3. The van der Waals surface area contributed by atoms with Crippen LogP contribution < -0.4 is 0 Å². The zero-order chi connectivity index (χ0) is 10.8. The second-order valence-corrected chi connectivity index (χ2v) is 5.32. The van der Waals surface area contributed by atoms with Crippen LogP contribution in [0.3, 0.4) is 0 Å². The van der Waals surface area contributed by atoms with Crippen molar-refractivity contribution in [1.82, 2.24) is 0 Å². The minimum Gasteiger partial charge on any atom is -0.222 e. The Labute approximate surface area is 83.9 Å². The van der Waals surface area contributed by atoms with Crippen LogP contribution in [0.2, 0.25) is 0 Å². The Morgan fingerprint density at radius 2 is 1.93 bits per heavy atom. The van der Waals surface area contributed by atoms with E-state index >= 15 is 0 Å². The van der Waals surface area contributed by atoms with Gasteiger partial charge in [-0.25, -0.2) is 8.42 Å². The van der Waals surface area contributed by atoms with Crippen molar-refractivity contribution in [3.63, 3.8) is 0 Å². The molecule has 0 aliphatic carbocycles. The Kier molecular flexibility index (Phi) is 2.92. The van der Waals surface area contributed by atoms with Gasteiger partial charge in [-0.05, 0) is 25.5 Å². The summed E-state index contributed by atoms with van der Waals surface area (Å²) in [6.45, 7) is 3.11. The van der Waals surface area contributed by atoms with Crippen LogP contribution in [0, 0.1) is 18.3 Å². The third-order valence-electron chi connectivity index (χ3n) is 2.05. The molecular weight excluding hydrogens is 198 g/mol. The summed E-state index contributed by atoms with van der Waals surface area (Å²) in [6.07, 6.45) is 0. The van der Waals surface area contributed by atoms with Crippen molar-refractivity contribution in [2.45, 2.75) is 24.0 Å². The normalized spacial score (nSPS) is 13.2. The molecule has 1 aromatic carbocycles. The lowest BCUT2D eigenvalue weighted by Gasteiger charge is -2.07. The number of aryl methyl sites for hydroxylation is 1. The minimum absolute atomic E-state index is 0.244. The molecule has 14 heavy (non-hydrogen) atoms. The molecule has 0 heterocycles. The molecule has 3 nitrogen and oxygen atoms in total. The van der Waals surface area contributed by atoms with Gasteiger partial charge in [0.15, 0.2) is 9.84 Å². The van der Waals surface area contributed by atoms with Crippen LogP contribution in [-0.4, -0.2) is 13.7 Å². The molecule has 0 amide bonds. The lowest BCUT2D eigenvalue weighted by Crippen LogP contribution is -2.16. The quantitative estimate of drug-likeness (QED) is 0.744. The summed E-state index contributed by atoms with van der Waals surface area (Å²) in [7, 11) is -3.48. The Balaban J connectivity index is 3.33. The second-order valence-electron chi connectivity index (χ2n) is 3.08. The summed E-state index contributed by atoms with van der Waals surface area (Å²) >= 11 is 0. The maximum Gasteiger partial charge on any atom is 0.194 e. The number of hydrogen-bond donors (Lipinski definition) is 0. The summed E-state index contributed by atoms with van der Waals surface area (Å²) < 4.78 is 23.5. The van der Waals surface area contributed by atoms with Crippen molar-refractivity contribution in [1.29, 1.82) is 5.26 Å². The molecule has 1 atom stereocenters. The molecule has 0 aliphatic rings. The molecule has 0 spiro atoms. The molecule has 0 aliphatic heterocycles. The maximum absolute atomic E-state index is 11.8. The molecule has 0 radical (unpaired) electrons. The third kappa shape index (κ3) is 1.78. The first-order valence-corrected chi connectivity index (χ1v) is 5.74. The van der Waals surface area contributed by atoms with Crippen molar-refractivity contribution in [3.8, 4) is 6.07 Å². The van der Waals surface area contributed by atoms with Crippen molar-refractivity contribution in [2.75, 3.05) is 0 Å². The highest BCUT2D eigenvalue weighted by molar-refractivity contribution is 7.92. The van der Waals surface area contributed by atoms with Gasteiger partial charge >= 0.3 is 0 Å². The topological polar surface area (TPSA) is 57.9 Å². The van der Waals surface area contributed by atoms with Crippen molar-refractivity contribution >= 4 is 9.84 Å². The van der Waals surface area contributed by atoms with Gasteiger partial charge in [0.05, 0.1) is 11.0 Å². The molecular formula is C10H11NO2S. The first-order valence-electron chi connectivity index (χ1n) is 4.19. The number of rotatable bonds is 2. The summed E-state index contributed by atoms with van der Waals surface area (Å²) in [6, 6.07) is 8.41. The predicted molar refractivity (Wildman–Crippen MR) is 53.4 cm³/mol. The lowest BCUT2D eigenvalue weighted by molar-refractivity contribution is 0.591. The van der Waals surface area contributed by atoms with E-state index in [1.165, 1.54) is 13.0 Å². The highest BCUT2D eigenvalue weighted by Crippen LogP contribution is 2.19. The Bertz CT molecular complexity index is 471. The zero-order valence-corrected chi connectivity index (χ0v) is 8.88. The fourth-order valence-electron chi connectivity index (χ4n) is 1.14. The first kappa shape index (κ1) is 10.7. The highest BCUT2D eigenvalue weighted by Gasteiger charge is 2.23. The number of nitriles is 1. The van der Waals surface area contributed by atoms with Crippen molar-refractivity contribution in [2.24, 2.45) is 0 Å². The van der Waals surface area contributed by atoms with E-state index in [0.717, 1.165) is 0 Å². The van der Waals surface area contributed by atoms with Crippen molar-refractivity contribution in [3.05, 3.63) is 29.8 Å². The average Bonchev–Trinajstić information content (AvgIpc) is 2.17. The molecule has 1 unspecified atom stereocenters. The van der Waals surface area contributed by atoms with Gasteiger partial charge in [0.2, 0.25) is 0 Å². The molecule has 0 fully saturated rings. The first-order chi connectivity index (χ1) is 6.50. The van der Waals surface area contributed by atoms with Crippen LogP contribution in [0.1, 0.15) is 12.5 Å². The van der Waals surface area contributed by atoms with E-state index in [2.05, 4.69) is 0 Å². The molecule has 1 rings (SSSR count). The molecule has 74 valence electrons. The molecule has 1 aromatic rings. The van der Waals surface area contributed by atoms with E-state index in [9.17, 15) is 8.42 Å². The largest absolute Gasteiger partial charge is 0.222 e. The molecule has 0 N–H and O–H groups in total. The van der Waals surface area contributed by atoms with Crippen LogP contribution in [-0.2, 0) is 9.84 Å². The average molecular weight is 209 g/mol. The van der Waals surface area contributed by atoms with E-state index in [0.29, 0.717) is 5.56 Å². The second kappa shape index (κ2) is 3.81. The smallest absolute Gasteiger partial charge is 0.194 e. The van der Waals surface area contributed by atoms with Gasteiger partial charge in [-0.3, -0.25) is 0 Å². The third-order valence-corrected chi connectivity index (χ3v) is 4.15. The SMILES string of the molecule is Cc1ccccc1S(=O)(=O)C(C)C#N. The summed E-state index contributed by atoms with van der Waals surface area (Å²) in [4.78, 5) is 0.244. The summed E-state index contributed by atoms with van der Waals surface area (Å²) in [5.41, 5.74) is 0.676. The molecule has 0 bridgehead atoms. The summed E-state index contributed by atoms with van der Waals surface area (Å²) in [5, 5.41) is 7.60. The maximum atomic E-state index is 11.8. The minimum atomic E-state index is -3.48. The lowest BCUT2D eigenvalue weighted by atomic mass is 10.2. The standard InChI is InChI=1S/C10H11NO2S/c1-8-5-3-4-6-10(8)14(12,13)9(2)7-11/h3-6,9H,1-2H3. The molecule has 0 saturated heterocycles. The summed E-state index contributed by atoms with van der Waals surface area (Å²) in [5.74, 6) is 0. The van der Waals surface area contributed by atoms with E-state index in [1.807, 2.05) is 0 Å². The zero-order valence-electron chi connectivity index (χ0n) is 8.06. The van der Waals surface area contributed by atoms with E-state index in [4.69, 9.17) is 5.26 Å². The van der Waals surface area contributed by atoms with Crippen LogP contribution in [0.5, 0.6) is 0 Å².